The Kier molecular flexibility index (Phi) is 6.74. The summed E-state index contributed by atoms with van der Waals surface area (Å²) in [5.74, 6) is 0.694. The first-order valence-electron chi connectivity index (χ1n) is 10.9. The molecule has 0 radical (unpaired) electrons. The first kappa shape index (κ1) is 23.2. The molecule has 0 atom stereocenters. The molecule has 0 aliphatic rings. The van der Waals surface area contributed by atoms with Crippen LogP contribution in [-0.4, -0.2) is 46.0 Å². The van der Waals surface area contributed by atoms with Gasteiger partial charge in [0.15, 0.2) is 0 Å². The molecule has 9 nitrogen and oxygen atoms in total. The molecular weight excluding hydrogens is 436 g/mol. The van der Waals surface area contributed by atoms with E-state index in [9.17, 15) is 9.59 Å². The summed E-state index contributed by atoms with van der Waals surface area (Å²) >= 11 is 0. The Morgan fingerprint density at radius 3 is 2.71 bits per heavy atom. The molecule has 176 valence electrons. The fourth-order valence-electron chi connectivity index (χ4n) is 3.99. The van der Waals surface area contributed by atoms with Crippen LogP contribution in [0.5, 0.6) is 5.75 Å². The number of aliphatic hydroxyl groups excluding tert-OH is 1. The van der Waals surface area contributed by atoms with Gasteiger partial charge < -0.3 is 24.3 Å². The van der Waals surface area contributed by atoms with Gasteiger partial charge in [0, 0.05) is 36.4 Å². The van der Waals surface area contributed by atoms with E-state index in [0.717, 1.165) is 11.1 Å². The summed E-state index contributed by atoms with van der Waals surface area (Å²) in [6.07, 6.45) is 2.05. The number of nitrogens with zero attached hydrogens (tertiary/aromatic N) is 3. The highest BCUT2D eigenvalue weighted by molar-refractivity contribution is 5.99. The van der Waals surface area contributed by atoms with Crippen LogP contribution in [0.4, 0.5) is 0 Å². The number of amides is 1. The molecule has 0 bridgehead atoms. The summed E-state index contributed by atoms with van der Waals surface area (Å²) in [6, 6.07) is 10.7. The zero-order valence-electron chi connectivity index (χ0n) is 19.3. The van der Waals surface area contributed by atoms with Gasteiger partial charge in [-0.05, 0) is 44.5 Å². The molecule has 0 spiro atoms. The van der Waals surface area contributed by atoms with Gasteiger partial charge in [0.25, 0.3) is 11.5 Å². The fraction of sp³-hybridized carbons (Fsp3) is 0.280. The average Bonchev–Trinajstić information content (AvgIpc) is 3.18. The standard InChI is InChI=1S/C25H26N4O5/c1-15-23(16(2)34-28-15)19-11-17-12-20(24(31)27-9-6-10-30)25(32)29(21(17)13-22(19)33-3)14-18-7-4-5-8-26-18/h4-5,7-8,11-13,30H,6,9-10,14H2,1-3H3,(H,27,31). The number of fused-ring (bicyclic) bond motifs is 1. The van der Waals surface area contributed by atoms with Crippen molar-refractivity contribution in [2.75, 3.05) is 20.3 Å². The van der Waals surface area contributed by atoms with Gasteiger partial charge in [-0.25, -0.2) is 0 Å². The number of carbonyl (C=O) groups is 1. The summed E-state index contributed by atoms with van der Waals surface area (Å²) in [6.45, 7) is 4.06. The third-order valence-corrected chi connectivity index (χ3v) is 5.63. The summed E-state index contributed by atoms with van der Waals surface area (Å²) in [4.78, 5) is 30.6. The molecule has 1 aromatic carbocycles. The molecule has 9 heteroatoms. The smallest absolute Gasteiger partial charge is 0.264 e. The number of rotatable bonds is 8. The zero-order valence-corrected chi connectivity index (χ0v) is 19.3. The molecule has 2 N–H and O–H groups in total. The van der Waals surface area contributed by atoms with E-state index in [1.807, 2.05) is 32.0 Å². The summed E-state index contributed by atoms with van der Waals surface area (Å²) < 4.78 is 12.5. The van der Waals surface area contributed by atoms with Crippen LogP contribution in [0, 0.1) is 13.8 Å². The minimum atomic E-state index is -0.496. The lowest BCUT2D eigenvalue weighted by molar-refractivity contribution is 0.0949. The normalized spacial score (nSPS) is 11.1. The highest BCUT2D eigenvalue weighted by Crippen LogP contribution is 2.37. The van der Waals surface area contributed by atoms with Gasteiger partial charge >= 0.3 is 0 Å². The quantitative estimate of drug-likeness (QED) is 0.386. The van der Waals surface area contributed by atoms with E-state index in [1.165, 1.54) is 4.57 Å². The second kappa shape index (κ2) is 9.88. The van der Waals surface area contributed by atoms with E-state index in [4.69, 9.17) is 14.4 Å². The first-order valence-corrected chi connectivity index (χ1v) is 10.9. The molecule has 4 rings (SSSR count). The van der Waals surface area contributed by atoms with Gasteiger partial charge in [0.05, 0.1) is 36.1 Å². The van der Waals surface area contributed by atoms with Crippen LogP contribution in [-0.2, 0) is 6.54 Å². The first-order chi connectivity index (χ1) is 16.4. The number of methoxy groups -OCH3 is 1. The lowest BCUT2D eigenvalue weighted by atomic mass is 9.99. The predicted octanol–water partition coefficient (Wildman–Crippen LogP) is 2.84. The number of benzene rings is 1. The molecule has 1 amide bonds. The fourth-order valence-corrected chi connectivity index (χ4v) is 3.99. The number of aromatic nitrogens is 3. The molecule has 0 saturated carbocycles. The number of carbonyl (C=O) groups excluding carboxylic acids is 1. The van der Waals surface area contributed by atoms with Crippen molar-refractivity contribution in [3.63, 3.8) is 0 Å². The Balaban J connectivity index is 1.95. The highest BCUT2D eigenvalue weighted by Gasteiger charge is 2.21. The Hall–Kier alpha value is -3.98. The summed E-state index contributed by atoms with van der Waals surface area (Å²) in [7, 11) is 1.56. The Morgan fingerprint density at radius 1 is 1.24 bits per heavy atom. The van der Waals surface area contributed by atoms with E-state index in [2.05, 4.69) is 15.5 Å². The SMILES string of the molecule is COc1cc2c(cc1-c1c(C)noc1C)cc(C(=O)NCCCO)c(=O)n2Cc1ccccn1. The number of nitrogens with one attached hydrogen (secondary N) is 1. The van der Waals surface area contributed by atoms with Crippen LogP contribution in [0.15, 0.2) is 51.9 Å². The van der Waals surface area contributed by atoms with Crippen LogP contribution in [0.3, 0.4) is 0 Å². The lowest BCUT2D eigenvalue weighted by Crippen LogP contribution is -2.34. The number of aryl methyl sites for hydroxylation is 2. The van der Waals surface area contributed by atoms with Crippen molar-refractivity contribution in [3.8, 4) is 16.9 Å². The van der Waals surface area contributed by atoms with Gasteiger partial charge in [-0.1, -0.05) is 11.2 Å². The lowest BCUT2D eigenvalue weighted by Gasteiger charge is -2.16. The number of hydrogen-bond donors (Lipinski definition) is 2. The summed E-state index contributed by atoms with van der Waals surface area (Å²) in [5.41, 5.74) is 3.12. The van der Waals surface area contributed by atoms with Crippen LogP contribution >= 0.6 is 0 Å². The van der Waals surface area contributed by atoms with E-state index in [-0.39, 0.29) is 25.3 Å². The van der Waals surface area contributed by atoms with Gasteiger partial charge in [-0.2, -0.15) is 0 Å². The third-order valence-electron chi connectivity index (χ3n) is 5.63. The molecule has 3 heterocycles. The minimum Gasteiger partial charge on any atom is -0.496 e. The number of ether oxygens (including phenoxy) is 1. The Morgan fingerprint density at radius 2 is 2.06 bits per heavy atom. The maximum Gasteiger partial charge on any atom is 0.264 e. The van der Waals surface area contributed by atoms with Gasteiger partial charge in [0.1, 0.15) is 17.1 Å². The van der Waals surface area contributed by atoms with Gasteiger partial charge in [0.2, 0.25) is 0 Å². The van der Waals surface area contributed by atoms with Crippen molar-refractivity contribution >= 4 is 16.8 Å². The third kappa shape index (κ3) is 4.42. The molecule has 0 aliphatic heterocycles. The molecule has 4 aromatic rings. The van der Waals surface area contributed by atoms with Crippen LogP contribution in [0.2, 0.25) is 0 Å². The number of aliphatic hydroxyl groups is 1. The molecule has 0 saturated heterocycles. The predicted molar refractivity (Wildman–Crippen MR) is 127 cm³/mol. The molecule has 34 heavy (non-hydrogen) atoms. The van der Waals surface area contributed by atoms with Crippen molar-refractivity contribution < 1.29 is 19.2 Å². The Bertz CT molecular complexity index is 1370. The summed E-state index contributed by atoms with van der Waals surface area (Å²) in [5, 5.41) is 16.4. The van der Waals surface area contributed by atoms with Crippen LogP contribution in [0.1, 0.15) is 33.9 Å². The molecule has 0 unspecified atom stereocenters. The largest absolute Gasteiger partial charge is 0.496 e. The number of hydrogen-bond acceptors (Lipinski definition) is 7. The Labute approximate surface area is 196 Å². The van der Waals surface area contributed by atoms with Crippen molar-refractivity contribution in [3.05, 3.63) is 75.7 Å². The topological polar surface area (TPSA) is 119 Å². The average molecular weight is 463 g/mol. The van der Waals surface area contributed by atoms with E-state index in [1.54, 1.807) is 31.5 Å². The van der Waals surface area contributed by atoms with Crippen LogP contribution < -0.4 is 15.6 Å². The number of pyridine rings is 2. The van der Waals surface area contributed by atoms with Gasteiger partial charge in [-0.3, -0.25) is 14.6 Å². The molecule has 0 fully saturated rings. The van der Waals surface area contributed by atoms with E-state index >= 15 is 0 Å². The molecular formula is C25H26N4O5. The van der Waals surface area contributed by atoms with Crippen molar-refractivity contribution in [1.29, 1.82) is 0 Å². The van der Waals surface area contributed by atoms with Gasteiger partial charge in [-0.15, -0.1) is 0 Å². The molecule has 0 aliphatic carbocycles. The van der Waals surface area contributed by atoms with E-state index in [0.29, 0.717) is 40.2 Å². The molecule has 3 aromatic heterocycles. The maximum absolute atomic E-state index is 13.4. The van der Waals surface area contributed by atoms with E-state index < -0.39 is 11.5 Å². The monoisotopic (exact) mass is 462 g/mol. The zero-order chi connectivity index (χ0) is 24.2. The van der Waals surface area contributed by atoms with Crippen molar-refractivity contribution in [2.45, 2.75) is 26.8 Å². The highest BCUT2D eigenvalue weighted by atomic mass is 16.5. The van der Waals surface area contributed by atoms with Crippen molar-refractivity contribution in [2.24, 2.45) is 0 Å². The van der Waals surface area contributed by atoms with Crippen LogP contribution in [0.25, 0.3) is 22.0 Å². The second-order valence-electron chi connectivity index (χ2n) is 7.91. The maximum atomic E-state index is 13.4. The second-order valence-corrected chi connectivity index (χ2v) is 7.91. The minimum absolute atomic E-state index is 0.0104. The van der Waals surface area contributed by atoms with Crippen molar-refractivity contribution in [1.82, 2.24) is 20.0 Å².